The topological polar surface area (TPSA) is 59.3 Å². The van der Waals surface area contributed by atoms with Gasteiger partial charge in [0.2, 0.25) is 0 Å². The highest BCUT2D eigenvalue weighted by atomic mass is 16.5. The zero-order valence-corrected chi connectivity index (χ0v) is 16.6. The number of benzene rings is 3. The summed E-state index contributed by atoms with van der Waals surface area (Å²) in [5.41, 5.74) is 3.07. The number of esters is 1. The number of ether oxygens (including phenoxy) is 2. The first kappa shape index (κ1) is 20.2. The molecule has 4 nitrogen and oxygen atoms in total. The smallest absolute Gasteiger partial charge is 0.343 e. The fourth-order valence-corrected chi connectivity index (χ4v) is 2.72. The van der Waals surface area contributed by atoms with Gasteiger partial charge in [-0.25, -0.2) is 4.79 Å². The van der Waals surface area contributed by atoms with Gasteiger partial charge in [-0.3, -0.25) is 0 Å². The Labute approximate surface area is 171 Å². The number of nitrogens with zero attached hydrogens (tertiary/aromatic N) is 1. The summed E-state index contributed by atoms with van der Waals surface area (Å²) in [6.07, 6.45) is 0.988. The van der Waals surface area contributed by atoms with Crippen LogP contribution in [-0.2, 0) is 0 Å². The molecule has 0 N–H and O–H groups in total. The van der Waals surface area contributed by atoms with Crippen LogP contribution in [0.1, 0.15) is 36.2 Å². The van der Waals surface area contributed by atoms with Crippen LogP contribution in [0.2, 0.25) is 0 Å². The van der Waals surface area contributed by atoms with Crippen LogP contribution in [0.5, 0.6) is 11.5 Å². The normalized spacial score (nSPS) is 10.4. The maximum absolute atomic E-state index is 12.4. The lowest BCUT2D eigenvalue weighted by atomic mass is 10.0. The number of rotatable bonds is 7. The van der Waals surface area contributed by atoms with Gasteiger partial charge in [0.05, 0.1) is 23.8 Å². The van der Waals surface area contributed by atoms with Crippen molar-refractivity contribution in [2.75, 3.05) is 6.61 Å². The van der Waals surface area contributed by atoms with Crippen molar-refractivity contribution in [3.8, 4) is 28.7 Å². The lowest BCUT2D eigenvalue weighted by Crippen LogP contribution is -2.08. The molecule has 0 unspecified atom stereocenters. The van der Waals surface area contributed by atoms with Gasteiger partial charge in [0, 0.05) is 0 Å². The number of hydrogen-bond donors (Lipinski definition) is 0. The van der Waals surface area contributed by atoms with E-state index in [4.69, 9.17) is 14.7 Å². The summed E-state index contributed by atoms with van der Waals surface area (Å²) >= 11 is 0. The van der Waals surface area contributed by atoms with E-state index in [-0.39, 0.29) is 0 Å². The van der Waals surface area contributed by atoms with E-state index in [0.29, 0.717) is 29.4 Å². The third-order valence-electron chi connectivity index (χ3n) is 4.47. The molecule has 0 fully saturated rings. The van der Waals surface area contributed by atoms with Crippen molar-refractivity contribution in [3.63, 3.8) is 0 Å². The van der Waals surface area contributed by atoms with Crippen molar-refractivity contribution in [2.45, 2.75) is 20.3 Å². The Hall–Kier alpha value is -3.58. The largest absolute Gasteiger partial charge is 0.494 e. The molecule has 0 saturated heterocycles. The van der Waals surface area contributed by atoms with Crippen LogP contribution in [0, 0.1) is 17.2 Å². The number of carbonyl (C=O) groups excluding carboxylic acids is 1. The molecule has 0 aliphatic heterocycles. The Bertz CT molecular complexity index is 982. The van der Waals surface area contributed by atoms with Gasteiger partial charge in [0.1, 0.15) is 11.5 Å². The molecule has 4 heteroatoms. The van der Waals surface area contributed by atoms with Gasteiger partial charge >= 0.3 is 5.97 Å². The monoisotopic (exact) mass is 385 g/mol. The highest BCUT2D eigenvalue weighted by molar-refractivity contribution is 5.91. The molecule has 0 radical (unpaired) electrons. The minimum Gasteiger partial charge on any atom is -0.494 e. The molecule has 0 amide bonds. The van der Waals surface area contributed by atoms with E-state index in [1.165, 1.54) is 0 Å². The Morgan fingerprint density at radius 1 is 0.862 bits per heavy atom. The van der Waals surface area contributed by atoms with Gasteiger partial charge in [-0.15, -0.1) is 0 Å². The molecule has 0 aliphatic carbocycles. The Morgan fingerprint density at radius 3 is 1.97 bits per heavy atom. The second-order valence-corrected chi connectivity index (χ2v) is 7.16. The number of nitriles is 1. The average molecular weight is 385 g/mol. The van der Waals surface area contributed by atoms with Crippen molar-refractivity contribution in [1.82, 2.24) is 0 Å². The second-order valence-electron chi connectivity index (χ2n) is 7.16. The molecule has 0 aliphatic rings. The first-order valence-electron chi connectivity index (χ1n) is 9.61. The summed E-state index contributed by atoms with van der Waals surface area (Å²) in [6.45, 7) is 4.96. The molecule has 0 bridgehead atoms. The molecule has 0 saturated carbocycles. The van der Waals surface area contributed by atoms with Crippen molar-refractivity contribution in [2.24, 2.45) is 5.92 Å². The van der Waals surface area contributed by atoms with E-state index in [2.05, 4.69) is 19.9 Å². The number of carbonyl (C=O) groups is 1. The molecule has 3 aromatic rings. The average Bonchev–Trinajstić information content (AvgIpc) is 2.74. The number of hydrogen-bond acceptors (Lipinski definition) is 4. The molecule has 0 heterocycles. The quantitative estimate of drug-likeness (QED) is 0.377. The van der Waals surface area contributed by atoms with Gasteiger partial charge in [-0.05, 0) is 72.0 Å². The molecule has 146 valence electrons. The van der Waals surface area contributed by atoms with Gasteiger partial charge in [0.15, 0.2) is 0 Å². The minimum absolute atomic E-state index is 0.412. The van der Waals surface area contributed by atoms with E-state index in [1.807, 2.05) is 24.3 Å². The van der Waals surface area contributed by atoms with Crippen molar-refractivity contribution >= 4 is 5.97 Å². The van der Waals surface area contributed by atoms with Crippen LogP contribution in [0.3, 0.4) is 0 Å². The molecule has 0 atom stereocenters. The zero-order chi connectivity index (χ0) is 20.6. The molecule has 0 aromatic heterocycles. The van der Waals surface area contributed by atoms with Crippen LogP contribution >= 0.6 is 0 Å². The van der Waals surface area contributed by atoms with Crippen molar-refractivity contribution in [3.05, 3.63) is 83.9 Å². The molecule has 0 spiro atoms. The summed E-state index contributed by atoms with van der Waals surface area (Å²) in [4.78, 5) is 12.4. The first-order chi connectivity index (χ1) is 14.0. The summed E-state index contributed by atoms with van der Waals surface area (Å²) in [6, 6.07) is 23.7. The minimum atomic E-state index is -0.412. The van der Waals surface area contributed by atoms with E-state index in [1.54, 1.807) is 48.5 Å². The molecule has 3 rings (SSSR count). The van der Waals surface area contributed by atoms with E-state index in [0.717, 1.165) is 23.3 Å². The fraction of sp³-hybridized carbons (Fsp3) is 0.200. The lowest BCUT2D eigenvalue weighted by Gasteiger charge is -2.09. The van der Waals surface area contributed by atoms with Crippen LogP contribution in [0.4, 0.5) is 0 Å². The van der Waals surface area contributed by atoms with Crippen LogP contribution in [0.25, 0.3) is 11.1 Å². The SMILES string of the molecule is CC(C)CCOc1ccc(C(=O)Oc2ccc(-c3ccc(C#N)cc3)cc2)cc1. The molecular formula is C25H23NO3. The van der Waals surface area contributed by atoms with Gasteiger partial charge < -0.3 is 9.47 Å². The summed E-state index contributed by atoms with van der Waals surface area (Å²) < 4.78 is 11.1. The van der Waals surface area contributed by atoms with Gasteiger partial charge in [-0.1, -0.05) is 38.1 Å². The van der Waals surface area contributed by atoms with Gasteiger partial charge in [-0.2, -0.15) is 5.26 Å². The standard InChI is InChI=1S/C25H23NO3/c1-18(2)15-16-28-23-11-9-22(10-12-23)25(27)29-24-13-7-21(8-14-24)20-5-3-19(17-26)4-6-20/h3-14,18H,15-16H2,1-2H3. The fourth-order valence-electron chi connectivity index (χ4n) is 2.72. The Kier molecular flexibility index (Phi) is 6.65. The molecule has 3 aromatic carbocycles. The van der Waals surface area contributed by atoms with E-state index in [9.17, 15) is 4.79 Å². The van der Waals surface area contributed by atoms with Crippen molar-refractivity contribution in [1.29, 1.82) is 5.26 Å². The molecular weight excluding hydrogens is 362 g/mol. The Morgan fingerprint density at radius 2 is 1.41 bits per heavy atom. The summed E-state index contributed by atoms with van der Waals surface area (Å²) in [5.74, 6) is 1.40. The van der Waals surface area contributed by atoms with Crippen LogP contribution in [0.15, 0.2) is 72.8 Å². The van der Waals surface area contributed by atoms with E-state index >= 15 is 0 Å². The molecule has 29 heavy (non-hydrogen) atoms. The third-order valence-corrected chi connectivity index (χ3v) is 4.47. The maximum Gasteiger partial charge on any atom is 0.343 e. The first-order valence-corrected chi connectivity index (χ1v) is 9.61. The van der Waals surface area contributed by atoms with E-state index < -0.39 is 5.97 Å². The van der Waals surface area contributed by atoms with Gasteiger partial charge in [0.25, 0.3) is 0 Å². The zero-order valence-electron chi connectivity index (χ0n) is 16.6. The van der Waals surface area contributed by atoms with Crippen molar-refractivity contribution < 1.29 is 14.3 Å². The predicted octanol–water partition coefficient (Wildman–Crippen LogP) is 5.87. The second kappa shape index (κ2) is 9.57. The predicted molar refractivity (Wildman–Crippen MR) is 113 cm³/mol. The maximum atomic E-state index is 12.4. The highest BCUT2D eigenvalue weighted by Gasteiger charge is 2.09. The summed E-state index contributed by atoms with van der Waals surface area (Å²) in [7, 11) is 0. The lowest BCUT2D eigenvalue weighted by molar-refractivity contribution is 0.0734. The highest BCUT2D eigenvalue weighted by Crippen LogP contribution is 2.23. The van der Waals surface area contributed by atoms with Crippen LogP contribution in [-0.4, -0.2) is 12.6 Å². The Balaban J connectivity index is 1.59. The third kappa shape index (κ3) is 5.70. The summed E-state index contributed by atoms with van der Waals surface area (Å²) in [5, 5.41) is 8.88. The van der Waals surface area contributed by atoms with Crippen LogP contribution < -0.4 is 9.47 Å².